The third kappa shape index (κ3) is 4.49. The van der Waals surface area contributed by atoms with Crippen LogP contribution in [0.4, 0.5) is 8.78 Å². The van der Waals surface area contributed by atoms with Crippen LogP contribution < -0.4 is 4.74 Å². The molecular weight excluding hydrogens is 272 g/mol. The molecular formula is C13H15F2NO4. The van der Waals surface area contributed by atoms with Gasteiger partial charge in [-0.2, -0.15) is 0 Å². The highest BCUT2D eigenvalue weighted by atomic mass is 19.1. The molecule has 1 aromatic rings. The Labute approximate surface area is 114 Å². The van der Waals surface area contributed by atoms with E-state index in [9.17, 15) is 18.4 Å². The number of ether oxygens (including phenoxy) is 1. The lowest BCUT2D eigenvalue weighted by atomic mass is 10.2. The molecule has 0 radical (unpaired) electrons. The van der Waals surface area contributed by atoms with Crippen LogP contribution in [0.25, 0.3) is 0 Å². The SMILES string of the molecule is CC(CN(C)C(=O)COc1ccc(F)cc1F)C(=O)O. The van der Waals surface area contributed by atoms with Gasteiger partial charge in [-0.25, -0.2) is 8.78 Å². The van der Waals surface area contributed by atoms with Crippen molar-refractivity contribution in [2.75, 3.05) is 20.2 Å². The molecule has 0 aromatic heterocycles. The number of aliphatic carboxylic acids is 1. The van der Waals surface area contributed by atoms with E-state index in [1.165, 1.54) is 18.9 Å². The van der Waals surface area contributed by atoms with Crippen molar-refractivity contribution in [1.29, 1.82) is 0 Å². The maximum absolute atomic E-state index is 13.3. The van der Waals surface area contributed by atoms with E-state index in [2.05, 4.69) is 0 Å². The van der Waals surface area contributed by atoms with Crippen molar-refractivity contribution in [2.45, 2.75) is 6.92 Å². The van der Waals surface area contributed by atoms with Crippen LogP contribution >= 0.6 is 0 Å². The van der Waals surface area contributed by atoms with Crippen molar-refractivity contribution in [1.82, 2.24) is 4.90 Å². The first-order valence-electron chi connectivity index (χ1n) is 5.86. The first-order chi connectivity index (χ1) is 9.31. The van der Waals surface area contributed by atoms with E-state index in [1.54, 1.807) is 0 Å². The molecule has 0 saturated carbocycles. The zero-order valence-corrected chi connectivity index (χ0v) is 11.1. The number of carbonyl (C=O) groups excluding carboxylic acids is 1. The number of amides is 1. The minimum Gasteiger partial charge on any atom is -0.481 e. The fraction of sp³-hybridized carbons (Fsp3) is 0.385. The molecule has 0 aliphatic rings. The summed E-state index contributed by atoms with van der Waals surface area (Å²) in [5, 5.41) is 8.73. The highest BCUT2D eigenvalue weighted by Gasteiger charge is 2.18. The zero-order valence-electron chi connectivity index (χ0n) is 11.1. The molecule has 20 heavy (non-hydrogen) atoms. The maximum atomic E-state index is 13.3. The molecule has 0 spiro atoms. The van der Waals surface area contributed by atoms with Crippen molar-refractivity contribution in [2.24, 2.45) is 5.92 Å². The summed E-state index contributed by atoms with van der Waals surface area (Å²) in [5.41, 5.74) is 0. The molecule has 0 heterocycles. The summed E-state index contributed by atoms with van der Waals surface area (Å²) >= 11 is 0. The van der Waals surface area contributed by atoms with Crippen LogP contribution in [0.3, 0.4) is 0 Å². The van der Waals surface area contributed by atoms with Crippen LogP contribution in [-0.4, -0.2) is 42.1 Å². The van der Waals surface area contributed by atoms with Gasteiger partial charge in [-0.05, 0) is 12.1 Å². The first kappa shape index (κ1) is 15.9. The molecule has 1 rings (SSSR count). The van der Waals surface area contributed by atoms with Crippen LogP contribution in [0.15, 0.2) is 18.2 Å². The largest absolute Gasteiger partial charge is 0.481 e. The lowest BCUT2D eigenvalue weighted by Crippen LogP contribution is -2.36. The predicted molar refractivity (Wildman–Crippen MR) is 66.3 cm³/mol. The van der Waals surface area contributed by atoms with Crippen LogP contribution in [0.1, 0.15) is 6.92 Å². The second kappa shape index (κ2) is 6.83. The topological polar surface area (TPSA) is 66.8 Å². The molecule has 5 nitrogen and oxygen atoms in total. The fourth-order valence-corrected chi connectivity index (χ4v) is 1.43. The van der Waals surface area contributed by atoms with E-state index in [0.717, 1.165) is 12.1 Å². The number of hydrogen-bond donors (Lipinski definition) is 1. The van der Waals surface area contributed by atoms with Crippen LogP contribution in [-0.2, 0) is 9.59 Å². The van der Waals surface area contributed by atoms with Crippen molar-refractivity contribution >= 4 is 11.9 Å². The van der Waals surface area contributed by atoms with Crippen LogP contribution in [0, 0.1) is 17.6 Å². The summed E-state index contributed by atoms with van der Waals surface area (Å²) in [4.78, 5) is 23.5. The van der Waals surface area contributed by atoms with Gasteiger partial charge in [-0.3, -0.25) is 9.59 Å². The molecule has 7 heteroatoms. The summed E-state index contributed by atoms with van der Waals surface area (Å²) in [6.07, 6.45) is 0. The number of carboxylic acid groups (broad SMARTS) is 1. The molecule has 110 valence electrons. The van der Waals surface area contributed by atoms with E-state index >= 15 is 0 Å². The van der Waals surface area contributed by atoms with Gasteiger partial charge >= 0.3 is 5.97 Å². The Morgan fingerprint density at radius 2 is 2.05 bits per heavy atom. The minimum atomic E-state index is -1.02. The van der Waals surface area contributed by atoms with Crippen molar-refractivity contribution in [3.8, 4) is 5.75 Å². The molecule has 0 fully saturated rings. The molecule has 1 amide bonds. The number of hydrogen-bond acceptors (Lipinski definition) is 3. The normalized spacial score (nSPS) is 11.8. The molecule has 1 atom stereocenters. The number of carbonyl (C=O) groups is 2. The minimum absolute atomic E-state index is 0.0173. The molecule has 1 unspecified atom stereocenters. The van der Waals surface area contributed by atoms with Gasteiger partial charge in [0.2, 0.25) is 0 Å². The first-order valence-corrected chi connectivity index (χ1v) is 5.86. The van der Waals surface area contributed by atoms with Gasteiger partial charge in [0.25, 0.3) is 5.91 Å². The molecule has 1 N–H and O–H groups in total. The third-order valence-electron chi connectivity index (χ3n) is 2.64. The average Bonchev–Trinajstić information content (AvgIpc) is 2.37. The lowest BCUT2D eigenvalue weighted by molar-refractivity contribution is -0.143. The number of likely N-dealkylation sites (N-methyl/N-ethyl adjacent to an activating group) is 1. The van der Waals surface area contributed by atoms with Gasteiger partial charge in [0.1, 0.15) is 5.82 Å². The Kier molecular flexibility index (Phi) is 5.42. The Balaban J connectivity index is 2.52. The van der Waals surface area contributed by atoms with E-state index in [1.807, 2.05) is 0 Å². The number of nitrogens with zero attached hydrogens (tertiary/aromatic N) is 1. The number of halogens is 2. The summed E-state index contributed by atoms with van der Waals surface area (Å²) in [7, 11) is 1.42. The third-order valence-corrected chi connectivity index (χ3v) is 2.64. The standard InChI is InChI=1S/C13H15F2NO4/c1-8(13(18)19)6-16(2)12(17)7-20-11-4-3-9(14)5-10(11)15/h3-5,8H,6-7H2,1-2H3,(H,18,19). The van der Waals surface area contributed by atoms with E-state index in [4.69, 9.17) is 9.84 Å². The number of carboxylic acids is 1. The van der Waals surface area contributed by atoms with Gasteiger partial charge in [0.05, 0.1) is 5.92 Å². The monoisotopic (exact) mass is 287 g/mol. The van der Waals surface area contributed by atoms with E-state index < -0.39 is 36.0 Å². The molecule has 0 saturated heterocycles. The van der Waals surface area contributed by atoms with Crippen molar-refractivity contribution < 1.29 is 28.2 Å². The van der Waals surface area contributed by atoms with E-state index in [0.29, 0.717) is 6.07 Å². The van der Waals surface area contributed by atoms with Gasteiger partial charge in [0.15, 0.2) is 18.2 Å². The van der Waals surface area contributed by atoms with Crippen molar-refractivity contribution in [3.05, 3.63) is 29.8 Å². The highest BCUT2D eigenvalue weighted by molar-refractivity contribution is 5.78. The van der Waals surface area contributed by atoms with Gasteiger partial charge in [-0.15, -0.1) is 0 Å². The summed E-state index contributed by atoms with van der Waals surface area (Å²) in [6, 6.07) is 2.74. The smallest absolute Gasteiger partial charge is 0.308 e. The summed E-state index contributed by atoms with van der Waals surface area (Å²) in [6.45, 7) is 1.03. The molecule has 0 bridgehead atoms. The lowest BCUT2D eigenvalue weighted by Gasteiger charge is -2.19. The second-order valence-electron chi connectivity index (χ2n) is 4.38. The van der Waals surface area contributed by atoms with Gasteiger partial charge in [0, 0.05) is 19.7 Å². The Morgan fingerprint density at radius 1 is 1.40 bits per heavy atom. The quantitative estimate of drug-likeness (QED) is 0.861. The number of rotatable bonds is 6. The highest BCUT2D eigenvalue weighted by Crippen LogP contribution is 2.17. The Morgan fingerprint density at radius 3 is 2.60 bits per heavy atom. The van der Waals surface area contributed by atoms with Gasteiger partial charge < -0.3 is 14.7 Å². The van der Waals surface area contributed by atoms with Crippen LogP contribution in [0.5, 0.6) is 5.75 Å². The second-order valence-corrected chi connectivity index (χ2v) is 4.38. The molecule has 0 aliphatic carbocycles. The fourth-order valence-electron chi connectivity index (χ4n) is 1.43. The van der Waals surface area contributed by atoms with Crippen LogP contribution in [0.2, 0.25) is 0 Å². The Hall–Kier alpha value is -2.18. The molecule has 0 aliphatic heterocycles. The van der Waals surface area contributed by atoms with E-state index in [-0.39, 0.29) is 12.3 Å². The van der Waals surface area contributed by atoms with Gasteiger partial charge in [-0.1, -0.05) is 6.92 Å². The summed E-state index contributed by atoms with van der Waals surface area (Å²) < 4.78 is 30.9. The predicted octanol–water partition coefficient (Wildman–Crippen LogP) is 1.52. The van der Waals surface area contributed by atoms with Crippen molar-refractivity contribution in [3.63, 3.8) is 0 Å². The zero-order chi connectivity index (χ0) is 15.3. The molecule has 1 aromatic carbocycles. The number of benzene rings is 1. The summed E-state index contributed by atoms with van der Waals surface area (Å²) in [5.74, 6) is -4.11. The maximum Gasteiger partial charge on any atom is 0.308 e. The Bertz CT molecular complexity index is 507. The average molecular weight is 287 g/mol.